The van der Waals surface area contributed by atoms with E-state index in [9.17, 15) is 5.11 Å². The van der Waals surface area contributed by atoms with E-state index in [-0.39, 0.29) is 0 Å². The minimum Gasteiger partial charge on any atom is -0.507 e. The van der Waals surface area contributed by atoms with Crippen LogP contribution in [0.4, 0.5) is 0 Å². The second-order valence-electron chi connectivity index (χ2n) is 10.2. The predicted octanol–water partition coefficient (Wildman–Crippen LogP) is 6.74. The second-order valence-corrected chi connectivity index (χ2v) is 14.0. The molecule has 0 amide bonds. The van der Waals surface area contributed by atoms with Gasteiger partial charge in [-0.3, -0.25) is 0 Å². The number of aromatic hydroxyl groups is 1. The molecule has 0 bridgehead atoms. The largest absolute Gasteiger partial charge is 0.507 e. The first-order valence-electron chi connectivity index (χ1n) is 13.7. The number of rotatable bonds is 5. The van der Waals surface area contributed by atoms with Gasteiger partial charge in [0.1, 0.15) is 5.75 Å². The molecule has 0 aliphatic rings. The molecule has 190 valence electrons. The molecule has 40 heavy (non-hydrogen) atoms. The summed E-state index contributed by atoms with van der Waals surface area (Å²) in [6, 6.07) is 57.8. The van der Waals surface area contributed by atoms with Crippen LogP contribution in [0, 0.1) is 0 Å². The molecule has 0 aliphatic heterocycles. The molecule has 0 unspecified atom stereocenters. The van der Waals surface area contributed by atoms with Gasteiger partial charge in [-0.25, -0.2) is 0 Å². The van der Waals surface area contributed by atoms with Crippen molar-refractivity contribution in [3.8, 4) is 16.9 Å². The lowest BCUT2D eigenvalue weighted by atomic mass is 9.93. The van der Waals surface area contributed by atoms with Crippen LogP contribution in [0.25, 0.3) is 32.7 Å². The molecule has 7 rings (SSSR count). The SMILES string of the molecule is Oc1c([Si](c2ccccc2)(c2ccccc2)c2ccccc2)cc2ccccc2c1-c1cccc2ccccc12. The maximum absolute atomic E-state index is 12.7. The average Bonchev–Trinajstić information content (AvgIpc) is 3.03. The van der Waals surface area contributed by atoms with Crippen molar-refractivity contribution in [3.05, 3.63) is 164 Å². The van der Waals surface area contributed by atoms with Crippen LogP contribution >= 0.6 is 0 Å². The second kappa shape index (κ2) is 9.99. The summed E-state index contributed by atoms with van der Waals surface area (Å²) in [4.78, 5) is 0. The number of fused-ring (bicyclic) bond motifs is 2. The molecule has 7 aromatic rings. The van der Waals surface area contributed by atoms with E-state index in [2.05, 4.69) is 164 Å². The highest BCUT2D eigenvalue weighted by Crippen LogP contribution is 2.40. The number of phenolic OH excluding ortho intramolecular Hbond substituents is 1. The van der Waals surface area contributed by atoms with Crippen molar-refractivity contribution in [2.75, 3.05) is 0 Å². The van der Waals surface area contributed by atoms with Gasteiger partial charge in [-0.1, -0.05) is 164 Å². The molecular weight excluding hydrogens is 501 g/mol. The third kappa shape index (κ3) is 3.76. The molecular formula is C38H28OSi. The first-order valence-corrected chi connectivity index (χ1v) is 15.7. The van der Waals surface area contributed by atoms with E-state index in [1.807, 2.05) is 0 Å². The number of hydrogen-bond acceptors (Lipinski definition) is 1. The highest BCUT2D eigenvalue weighted by Gasteiger charge is 2.44. The van der Waals surface area contributed by atoms with Gasteiger partial charge in [-0.2, -0.15) is 0 Å². The van der Waals surface area contributed by atoms with Crippen molar-refractivity contribution in [3.63, 3.8) is 0 Å². The van der Waals surface area contributed by atoms with Crippen molar-refractivity contribution in [1.29, 1.82) is 0 Å². The molecule has 0 saturated heterocycles. The smallest absolute Gasteiger partial charge is 0.184 e. The Morgan fingerprint density at radius 3 is 1.43 bits per heavy atom. The molecule has 2 heteroatoms. The molecule has 0 spiro atoms. The van der Waals surface area contributed by atoms with Crippen LogP contribution in [0.15, 0.2) is 164 Å². The zero-order valence-corrected chi connectivity index (χ0v) is 23.0. The summed E-state index contributed by atoms with van der Waals surface area (Å²) in [6.07, 6.45) is 0. The van der Waals surface area contributed by atoms with E-state index in [4.69, 9.17) is 0 Å². The standard InChI is InChI=1S/C38H28OSi/c39-38-36(27-29-16-11-13-25-34(29)37(38)35-26-14-17-28-15-10-12-24-33(28)35)40(30-18-4-1-5-19-30,31-20-6-2-7-21-31)32-22-8-3-9-23-32/h1-27,39H. The molecule has 0 fully saturated rings. The first-order chi connectivity index (χ1) is 19.8. The number of phenols is 1. The van der Waals surface area contributed by atoms with E-state index >= 15 is 0 Å². The summed E-state index contributed by atoms with van der Waals surface area (Å²) < 4.78 is 0. The van der Waals surface area contributed by atoms with Crippen LogP contribution in [0.2, 0.25) is 0 Å². The quantitative estimate of drug-likeness (QED) is 0.194. The number of benzene rings is 7. The first kappa shape index (κ1) is 24.1. The Hall–Kier alpha value is -4.92. The Morgan fingerprint density at radius 1 is 0.400 bits per heavy atom. The molecule has 1 nitrogen and oxygen atoms in total. The van der Waals surface area contributed by atoms with Gasteiger partial charge < -0.3 is 5.11 Å². The highest BCUT2D eigenvalue weighted by molar-refractivity contribution is 7.20. The fraction of sp³-hybridized carbons (Fsp3) is 0. The summed E-state index contributed by atoms with van der Waals surface area (Å²) in [7, 11) is -2.94. The van der Waals surface area contributed by atoms with Crippen LogP contribution in [-0.4, -0.2) is 13.2 Å². The van der Waals surface area contributed by atoms with Gasteiger partial charge >= 0.3 is 0 Å². The summed E-state index contributed by atoms with van der Waals surface area (Å²) in [5, 5.41) is 21.8. The van der Waals surface area contributed by atoms with E-state index in [1.165, 1.54) is 15.6 Å². The normalized spacial score (nSPS) is 11.6. The summed E-state index contributed by atoms with van der Waals surface area (Å²) >= 11 is 0. The van der Waals surface area contributed by atoms with Crippen molar-refractivity contribution in [2.24, 2.45) is 0 Å². The van der Waals surface area contributed by atoms with E-state index in [0.29, 0.717) is 5.75 Å². The number of hydrogen-bond donors (Lipinski definition) is 1. The average molecular weight is 529 g/mol. The third-order valence-electron chi connectivity index (χ3n) is 8.11. The molecule has 0 radical (unpaired) electrons. The molecule has 0 heterocycles. The van der Waals surface area contributed by atoms with Crippen LogP contribution in [-0.2, 0) is 0 Å². The van der Waals surface area contributed by atoms with E-state index < -0.39 is 8.07 Å². The summed E-state index contributed by atoms with van der Waals surface area (Å²) in [6.45, 7) is 0. The van der Waals surface area contributed by atoms with Gasteiger partial charge in [-0.05, 0) is 47.9 Å². The fourth-order valence-electron chi connectivity index (χ4n) is 6.37. The van der Waals surface area contributed by atoms with Crippen LogP contribution in [0.5, 0.6) is 5.75 Å². The highest BCUT2D eigenvalue weighted by atomic mass is 28.3. The Morgan fingerprint density at radius 2 is 0.850 bits per heavy atom. The van der Waals surface area contributed by atoms with Crippen molar-refractivity contribution >= 4 is 50.4 Å². The Balaban J connectivity index is 1.69. The Labute approximate surface area is 235 Å². The van der Waals surface area contributed by atoms with Gasteiger partial charge in [0.2, 0.25) is 0 Å². The van der Waals surface area contributed by atoms with Crippen LogP contribution in [0.3, 0.4) is 0 Å². The van der Waals surface area contributed by atoms with E-state index in [0.717, 1.165) is 37.9 Å². The van der Waals surface area contributed by atoms with Gasteiger partial charge in [0.25, 0.3) is 0 Å². The molecule has 7 aromatic carbocycles. The van der Waals surface area contributed by atoms with Crippen molar-refractivity contribution in [1.82, 2.24) is 0 Å². The molecule has 0 aliphatic carbocycles. The van der Waals surface area contributed by atoms with Crippen LogP contribution in [0.1, 0.15) is 0 Å². The third-order valence-corrected chi connectivity index (χ3v) is 12.9. The Kier molecular flexibility index (Phi) is 6.03. The summed E-state index contributed by atoms with van der Waals surface area (Å²) in [5.41, 5.74) is 1.94. The van der Waals surface area contributed by atoms with Gasteiger partial charge in [0.05, 0.1) is 0 Å². The maximum Gasteiger partial charge on any atom is 0.184 e. The minimum absolute atomic E-state index is 0.360. The fourth-order valence-corrected chi connectivity index (χ4v) is 11.2. The van der Waals surface area contributed by atoms with E-state index in [1.54, 1.807) is 0 Å². The van der Waals surface area contributed by atoms with Crippen molar-refractivity contribution in [2.45, 2.75) is 0 Å². The zero-order chi connectivity index (χ0) is 26.9. The molecule has 0 saturated carbocycles. The lowest BCUT2D eigenvalue weighted by Gasteiger charge is -2.35. The zero-order valence-electron chi connectivity index (χ0n) is 22.0. The van der Waals surface area contributed by atoms with Gasteiger partial charge in [0.15, 0.2) is 8.07 Å². The van der Waals surface area contributed by atoms with Gasteiger partial charge in [0, 0.05) is 5.56 Å². The molecule has 0 aromatic heterocycles. The maximum atomic E-state index is 12.7. The topological polar surface area (TPSA) is 20.2 Å². The molecule has 0 atom stereocenters. The predicted molar refractivity (Wildman–Crippen MR) is 172 cm³/mol. The van der Waals surface area contributed by atoms with Gasteiger partial charge in [-0.15, -0.1) is 0 Å². The lowest BCUT2D eigenvalue weighted by Crippen LogP contribution is -2.74. The Bertz CT molecular complexity index is 1850. The lowest BCUT2D eigenvalue weighted by molar-refractivity contribution is 0.482. The minimum atomic E-state index is -2.94. The monoisotopic (exact) mass is 528 g/mol. The van der Waals surface area contributed by atoms with Crippen LogP contribution < -0.4 is 20.7 Å². The molecule has 1 N–H and O–H groups in total. The van der Waals surface area contributed by atoms with Crippen molar-refractivity contribution < 1.29 is 5.11 Å². The summed E-state index contributed by atoms with van der Waals surface area (Å²) in [5.74, 6) is 0.360.